The molecule has 0 bridgehead atoms. The fourth-order valence-corrected chi connectivity index (χ4v) is 2.57. The third kappa shape index (κ3) is 3.71. The van der Waals surface area contributed by atoms with Crippen LogP contribution in [0.2, 0.25) is 0 Å². The zero-order valence-corrected chi connectivity index (χ0v) is 11.8. The molecule has 0 saturated carbocycles. The molecule has 1 aliphatic heterocycles. The van der Waals surface area contributed by atoms with Crippen molar-refractivity contribution in [3.63, 3.8) is 0 Å². The van der Waals surface area contributed by atoms with E-state index in [2.05, 4.69) is 17.4 Å². The molecule has 1 aromatic carbocycles. The second-order valence-corrected chi connectivity index (χ2v) is 5.31. The number of hydrogen-bond donors (Lipinski definition) is 3. The molecule has 1 heterocycles. The van der Waals surface area contributed by atoms with E-state index in [0.717, 1.165) is 25.2 Å². The Labute approximate surface area is 119 Å². The molecule has 0 aromatic heterocycles. The van der Waals surface area contributed by atoms with E-state index in [4.69, 9.17) is 15.7 Å². The Kier molecular flexibility index (Phi) is 5.38. The van der Waals surface area contributed by atoms with Gasteiger partial charge >= 0.3 is 0 Å². The van der Waals surface area contributed by atoms with Gasteiger partial charge in [0.1, 0.15) is 5.84 Å². The summed E-state index contributed by atoms with van der Waals surface area (Å²) < 4.78 is 5.41. The van der Waals surface area contributed by atoms with Crippen LogP contribution in [0.25, 0.3) is 0 Å². The summed E-state index contributed by atoms with van der Waals surface area (Å²) in [6, 6.07) is 10.2. The zero-order valence-electron chi connectivity index (χ0n) is 11.8. The van der Waals surface area contributed by atoms with E-state index in [0.29, 0.717) is 18.5 Å². The van der Waals surface area contributed by atoms with Gasteiger partial charge in [0.25, 0.3) is 0 Å². The monoisotopic (exact) mass is 277 g/mol. The lowest BCUT2D eigenvalue weighted by atomic mass is 9.96. The first-order valence-corrected chi connectivity index (χ1v) is 7.06. The van der Waals surface area contributed by atoms with Gasteiger partial charge in [0.15, 0.2) is 0 Å². The molecule has 1 fully saturated rings. The number of oxime groups is 1. The lowest BCUT2D eigenvalue weighted by Gasteiger charge is -2.23. The van der Waals surface area contributed by atoms with E-state index in [1.54, 1.807) is 0 Å². The molecule has 5 nitrogen and oxygen atoms in total. The van der Waals surface area contributed by atoms with Crippen LogP contribution in [0.1, 0.15) is 24.8 Å². The van der Waals surface area contributed by atoms with E-state index >= 15 is 0 Å². The topological polar surface area (TPSA) is 79.9 Å². The molecular formula is C15H23N3O2. The van der Waals surface area contributed by atoms with Crippen LogP contribution in [0.3, 0.4) is 0 Å². The van der Waals surface area contributed by atoms with Crippen LogP contribution in [0.15, 0.2) is 35.5 Å². The summed E-state index contributed by atoms with van der Waals surface area (Å²) in [5, 5.41) is 15.6. The van der Waals surface area contributed by atoms with Crippen molar-refractivity contribution in [2.45, 2.75) is 25.3 Å². The third-order valence-corrected chi connectivity index (χ3v) is 3.99. The SMILES string of the molecule is CC(NCC(/C(N)=N/O)c1ccccc1)C1CCOC1. The van der Waals surface area contributed by atoms with Crippen molar-refractivity contribution in [2.75, 3.05) is 19.8 Å². The summed E-state index contributed by atoms with van der Waals surface area (Å²) in [6.45, 7) is 4.47. The van der Waals surface area contributed by atoms with Crippen LogP contribution in [0.4, 0.5) is 0 Å². The maximum absolute atomic E-state index is 8.96. The van der Waals surface area contributed by atoms with E-state index in [9.17, 15) is 0 Å². The minimum Gasteiger partial charge on any atom is -0.409 e. The van der Waals surface area contributed by atoms with Crippen LogP contribution in [-0.2, 0) is 4.74 Å². The molecule has 1 aliphatic rings. The van der Waals surface area contributed by atoms with Gasteiger partial charge in [0, 0.05) is 19.2 Å². The fourth-order valence-electron chi connectivity index (χ4n) is 2.57. The molecule has 0 spiro atoms. The number of nitrogens with two attached hydrogens (primary N) is 1. The van der Waals surface area contributed by atoms with Gasteiger partial charge in [-0.25, -0.2) is 0 Å². The van der Waals surface area contributed by atoms with Gasteiger partial charge in [-0.1, -0.05) is 35.5 Å². The van der Waals surface area contributed by atoms with Crippen molar-refractivity contribution in [2.24, 2.45) is 16.8 Å². The fraction of sp³-hybridized carbons (Fsp3) is 0.533. The van der Waals surface area contributed by atoms with Crippen LogP contribution in [0, 0.1) is 5.92 Å². The molecular weight excluding hydrogens is 254 g/mol. The van der Waals surface area contributed by atoms with Crippen molar-refractivity contribution in [1.29, 1.82) is 0 Å². The van der Waals surface area contributed by atoms with Gasteiger partial charge in [-0.2, -0.15) is 0 Å². The van der Waals surface area contributed by atoms with Gasteiger partial charge in [0.2, 0.25) is 0 Å². The molecule has 0 aliphatic carbocycles. The van der Waals surface area contributed by atoms with E-state index in [1.807, 2.05) is 30.3 Å². The van der Waals surface area contributed by atoms with Crippen LogP contribution in [0.5, 0.6) is 0 Å². The van der Waals surface area contributed by atoms with Crippen molar-refractivity contribution in [1.82, 2.24) is 5.32 Å². The smallest absolute Gasteiger partial charge is 0.147 e. The van der Waals surface area contributed by atoms with Gasteiger partial charge in [-0.05, 0) is 24.8 Å². The highest BCUT2D eigenvalue weighted by Gasteiger charge is 2.24. The Morgan fingerprint density at radius 1 is 1.50 bits per heavy atom. The Morgan fingerprint density at radius 2 is 2.25 bits per heavy atom. The van der Waals surface area contributed by atoms with E-state index in [-0.39, 0.29) is 11.8 Å². The predicted molar refractivity (Wildman–Crippen MR) is 79.0 cm³/mol. The van der Waals surface area contributed by atoms with Crippen molar-refractivity contribution in [3.8, 4) is 0 Å². The highest BCUT2D eigenvalue weighted by atomic mass is 16.5. The van der Waals surface area contributed by atoms with Crippen LogP contribution < -0.4 is 11.1 Å². The number of benzene rings is 1. The predicted octanol–water partition coefficient (Wildman–Crippen LogP) is 1.53. The molecule has 5 heteroatoms. The molecule has 3 unspecified atom stereocenters. The summed E-state index contributed by atoms with van der Waals surface area (Å²) in [6.07, 6.45) is 1.09. The number of nitrogens with one attached hydrogen (secondary N) is 1. The molecule has 2 rings (SSSR count). The minimum absolute atomic E-state index is 0.119. The largest absolute Gasteiger partial charge is 0.409 e. The molecule has 0 radical (unpaired) electrons. The second-order valence-electron chi connectivity index (χ2n) is 5.31. The summed E-state index contributed by atoms with van der Waals surface area (Å²) in [5.41, 5.74) is 6.87. The maximum atomic E-state index is 8.96. The first-order chi connectivity index (χ1) is 9.72. The van der Waals surface area contributed by atoms with Crippen molar-refractivity contribution < 1.29 is 9.94 Å². The molecule has 110 valence electrons. The normalized spacial score (nSPS) is 22.6. The highest BCUT2D eigenvalue weighted by molar-refractivity contribution is 5.87. The minimum atomic E-state index is -0.119. The Balaban J connectivity index is 1.98. The van der Waals surface area contributed by atoms with Gasteiger partial charge in [0.05, 0.1) is 12.5 Å². The maximum Gasteiger partial charge on any atom is 0.147 e. The molecule has 3 atom stereocenters. The quantitative estimate of drug-likeness (QED) is 0.319. The van der Waals surface area contributed by atoms with Crippen molar-refractivity contribution >= 4 is 5.84 Å². The Morgan fingerprint density at radius 3 is 2.85 bits per heavy atom. The number of rotatable bonds is 6. The average molecular weight is 277 g/mol. The first-order valence-electron chi connectivity index (χ1n) is 7.06. The first kappa shape index (κ1) is 14.8. The van der Waals surface area contributed by atoms with E-state index < -0.39 is 0 Å². The lowest BCUT2D eigenvalue weighted by Crippen LogP contribution is -2.39. The zero-order chi connectivity index (χ0) is 14.4. The van der Waals surface area contributed by atoms with Crippen LogP contribution >= 0.6 is 0 Å². The summed E-state index contributed by atoms with van der Waals surface area (Å²) in [5.74, 6) is 0.656. The van der Waals surface area contributed by atoms with E-state index in [1.165, 1.54) is 0 Å². The molecule has 20 heavy (non-hydrogen) atoms. The highest BCUT2D eigenvalue weighted by Crippen LogP contribution is 2.19. The summed E-state index contributed by atoms with van der Waals surface area (Å²) in [4.78, 5) is 0. The Hall–Kier alpha value is -1.59. The van der Waals surface area contributed by atoms with Gasteiger partial charge < -0.3 is 21.0 Å². The van der Waals surface area contributed by atoms with Gasteiger partial charge in [-0.3, -0.25) is 0 Å². The molecule has 1 aromatic rings. The standard InChI is InChI=1S/C15H23N3O2/c1-11(13-7-8-20-10-13)17-9-14(15(16)18-19)12-5-3-2-4-6-12/h2-6,11,13-14,17,19H,7-10H2,1H3,(H2,16,18). The van der Waals surface area contributed by atoms with Crippen LogP contribution in [-0.4, -0.2) is 36.8 Å². The van der Waals surface area contributed by atoms with Crippen molar-refractivity contribution in [3.05, 3.63) is 35.9 Å². The summed E-state index contributed by atoms with van der Waals surface area (Å²) >= 11 is 0. The number of amidine groups is 1. The number of nitrogens with zero attached hydrogens (tertiary/aromatic N) is 1. The molecule has 0 amide bonds. The summed E-state index contributed by atoms with van der Waals surface area (Å²) in [7, 11) is 0. The second kappa shape index (κ2) is 7.26. The number of ether oxygens (including phenoxy) is 1. The average Bonchev–Trinajstić information content (AvgIpc) is 3.02. The number of hydrogen-bond acceptors (Lipinski definition) is 4. The lowest BCUT2D eigenvalue weighted by molar-refractivity contribution is 0.178. The Bertz CT molecular complexity index is 430. The third-order valence-electron chi connectivity index (χ3n) is 3.99. The molecule has 4 N–H and O–H groups in total. The molecule has 1 saturated heterocycles. The van der Waals surface area contributed by atoms with Gasteiger partial charge in [-0.15, -0.1) is 0 Å².